The third kappa shape index (κ3) is 3.32. The Morgan fingerprint density at radius 1 is 1.50 bits per heavy atom. The number of nitrogens with two attached hydrogens (primary N) is 2. The van der Waals surface area contributed by atoms with Crippen molar-refractivity contribution in [3.8, 4) is 0 Å². The molecule has 0 bridgehead atoms. The number of hydrogen-bond acceptors (Lipinski definition) is 6. The molecule has 0 aromatic carbocycles. The minimum atomic E-state index is 0.240. The molecule has 1 aliphatic heterocycles. The lowest BCUT2D eigenvalue weighted by molar-refractivity contribution is 0.501. The quantitative estimate of drug-likeness (QED) is 0.571. The number of hydrogen-bond donors (Lipinski definition) is 3. The molecule has 2 rings (SSSR count). The van der Waals surface area contributed by atoms with Crippen LogP contribution < -0.4 is 17.0 Å². The lowest BCUT2D eigenvalue weighted by Gasteiger charge is -2.34. The summed E-state index contributed by atoms with van der Waals surface area (Å²) >= 11 is 4.03. The highest BCUT2D eigenvalue weighted by molar-refractivity contribution is 8.07. The summed E-state index contributed by atoms with van der Waals surface area (Å²) in [5.74, 6) is 8.16. The van der Waals surface area contributed by atoms with Crippen LogP contribution in [0.25, 0.3) is 0 Å². The lowest BCUT2D eigenvalue weighted by atomic mass is 10.0. The number of aromatic nitrogens is 1. The topological polar surface area (TPSA) is 77.0 Å². The number of anilines is 1. The summed E-state index contributed by atoms with van der Waals surface area (Å²) in [5, 5.41) is 1.14. The van der Waals surface area contributed by atoms with E-state index in [1.54, 1.807) is 6.20 Å². The van der Waals surface area contributed by atoms with Crippen LogP contribution in [0.1, 0.15) is 12.5 Å². The van der Waals surface area contributed by atoms with Gasteiger partial charge in [0, 0.05) is 46.1 Å². The number of thioether (sulfide) groups is 2. The normalized spacial score (nSPS) is 25.9. The van der Waals surface area contributed by atoms with Crippen LogP contribution in [-0.2, 0) is 6.42 Å². The van der Waals surface area contributed by atoms with Crippen molar-refractivity contribution in [2.45, 2.75) is 29.9 Å². The van der Waals surface area contributed by atoms with Crippen LogP contribution in [0.2, 0.25) is 0 Å². The molecule has 0 saturated carbocycles. The van der Waals surface area contributed by atoms with Gasteiger partial charge in [0.15, 0.2) is 0 Å². The predicted molar refractivity (Wildman–Crippen MR) is 81.6 cm³/mol. The number of hydrazine groups is 1. The van der Waals surface area contributed by atoms with Gasteiger partial charge in [-0.15, -0.1) is 0 Å². The van der Waals surface area contributed by atoms with E-state index < -0.39 is 0 Å². The van der Waals surface area contributed by atoms with Gasteiger partial charge in [-0.1, -0.05) is 6.92 Å². The first kappa shape index (κ1) is 14.0. The SMILES string of the molecule is CC1SCCSC1C(Cc1cnccc1N)NN. The maximum atomic E-state index is 5.97. The minimum absolute atomic E-state index is 0.240. The summed E-state index contributed by atoms with van der Waals surface area (Å²) in [6.07, 6.45) is 4.39. The predicted octanol–water partition coefficient (Wildman–Crippen LogP) is 1.28. The molecule has 3 unspecified atom stereocenters. The van der Waals surface area contributed by atoms with Crippen LogP contribution >= 0.6 is 23.5 Å². The molecule has 5 N–H and O–H groups in total. The van der Waals surface area contributed by atoms with E-state index in [-0.39, 0.29) is 6.04 Å². The molecule has 1 aromatic rings. The standard InChI is InChI=1S/C12H20N4S2/c1-8-12(18-5-4-17-8)11(16-14)6-9-7-15-3-2-10(9)13/h2-3,7-8,11-12,16H,4-6,14H2,1H3,(H2,13,15). The molecular formula is C12H20N4S2. The maximum absolute atomic E-state index is 5.97. The summed E-state index contributed by atoms with van der Waals surface area (Å²) in [5.41, 5.74) is 10.8. The molecule has 1 aromatic heterocycles. The van der Waals surface area contributed by atoms with Crippen molar-refractivity contribution in [3.05, 3.63) is 24.0 Å². The lowest BCUT2D eigenvalue weighted by Crippen LogP contribution is -2.48. The van der Waals surface area contributed by atoms with Crippen LogP contribution in [0.3, 0.4) is 0 Å². The average Bonchev–Trinajstić information content (AvgIpc) is 2.39. The first-order valence-corrected chi connectivity index (χ1v) is 8.20. The second-order valence-electron chi connectivity index (χ2n) is 4.46. The molecule has 1 fully saturated rings. The van der Waals surface area contributed by atoms with Crippen LogP contribution in [0, 0.1) is 0 Å². The second kappa shape index (κ2) is 6.65. The van der Waals surface area contributed by atoms with E-state index in [1.165, 1.54) is 11.5 Å². The fourth-order valence-electron chi connectivity index (χ4n) is 2.21. The summed E-state index contributed by atoms with van der Waals surface area (Å²) in [7, 11) is 0. The Morgan fingerprint density at radius 3 is 2.94 bits per heavy atom. The molecule has 100 valence electrons. The van der Waals surface area contributed by atoms with Gasteiger partial charge in [-0.3, -0.25) is 16.3 Å². The molecule has 0 radical (unpaired) electrons. The molecule has 0 amide bonds. The van der Waals surface area contributed by atoms with Crippen LogP contribution in [0.15, 0.2) is 18.5 Å². The zero-order valence-electron chi connectivity index (χ0n) is 10.5. The number of nitrogens with one attached hydrogen (secondary N) is 1. The van der Waals surface area contributed by atoms with E-state index in [0.717, 1.165) is 17.7 Å². The van der Waals surface area contributed by atoms with Crippen molar-refractivity contribution < 1.29 is 0 Å². The first-order valence-electron chi connectivity index (χ1n) is 6.10. The molecule has 0 aliphatic carbocycles. The Kier molecular flexibility index (Phi) is 5.17. The van der Waals surface area contributed by atoms with Gasteiger partial charge in [-0.25, -0.2) is 0 Å². The highest BCUT2D eigenvalue weighted by atomic mass is 32.2. The van der Waals surface area contributed by atoms with Crippen molar-refractivity contribution in [2.24, 2.45) is 5.84 Å². The van der Waals surface area contributed by atoms with Crippen LogP contribution in [-0.4, -0.2) is 33.0 Å². The highest BCUT2D eigenvalue weighted by Gasteiger charge is 2.30. The molecule has 2 heterocycles. The Balaban J connectivity index is 2.07. The smallest absolute Gasteiger partial charge is 0.0381 e. The number of nitrogen functional groups attached to an aromatic ring is 1. The molecule has 18 heavy (non-hydrogen) atoms. The van der Waals surface area contributed by atoms with Crippen LogP contribution in [0.5, 0.6) is 0 Å². The van der Waals surface area contributed by atoms with E-state index in [9.17, 15) is 0 Å². The summed E-state index contributed by atoms with van der Waals surface area (Å²) in [4.78, 5) is 4.14. The van der Waals surface area contributed by atoms with Gasteiger partial charge in [0.05, 0.1) is 0 Å². The van der Waals surface area contributed by atoms with E-state index >= 15 is 0 Å². The minimum Gasteiger partial charge on any atom is -0.398 e. The number of nitrogens with zero attached hydrogens (tertiary/aromatic N) is 1. The van der Waals surface area contributed by atoms with Crippen molar-refractivity contribution in [1.29, 1.82) is 0 Å². The maximum Gasteiger partial charge on any atom is 0.0381 e. The summed E-state index contributed by atoms with van der Waals surface area (Å²) in [6, 6.07) is 2.08. The Hall–Kier alpha value is -0.430. The fourth-order valence-corrected chi connectivity index (χ4v) is 5.15. The largest absolute Gasteiger partial charge is 0.398 e. The summed E-state index contributed by atoms with van der Waals surface area (Å²) in [6.45, 7) is 2.28. The van der Waals surface area contributed by atoms with Crippen molar-refractivity contribution in [3.63, 3.8) is 0 Å². The first-order chi connectivity index (χ1) is 8.72. The van der Waals surface area contributed by atoms with E-state index in [1.807, 2.05) is 35.8 Å². The Labute approximate surface area is 117 Å². The third-order valence-electron chi connectivity index (χ3n) is 3.23. The zero-order chi connectivity index (χ0) is 13.0. The molecule has 4 nitrogen and oxygen atoms in total. The molecular weight excluding hydrogens is 264 g/mol. The average molecular weight is 284 g/mol. The van der Waals surface area contributed by atoms with Gasteiger partial charge in [0.1, 0.15) is 0 Å². The van der Waals surface area contributed by atoms with Gasteiger partial charge in [-0.2, -0.15) is 23.5 Å². The molecule has 3 atom stereocenters. The Morgan fingerprint density at radius 2 is 2.28 bits per heavy atom. The zero-order valence-corrected chi connectivity index (χ0v) is 12.1. The number of rotatable bonds is 4. The number of pyridine rings is 1. The van der Waals surface area contributed by atoms with E-state index in [4.69, 9.17) is 11.6 Å². The van der Waals surface area contributed by atoms with Crippen molar-refractivity contribution in [2.75, 3.05) is 17.2 Å². The van der Waals surface area contributed by atoms with Crippen molar-refractivity contribution >= 4 is 29.2 Å². The van der Waals surface area contributed by atoms with Crippen molar-refractivity contribution in [1.82, 2.24) is 10.4 Å². The monoisotopic (exact) mass is 284 g/mol. The van der Waals surface area contributed by atoms with Gasteiger partial charge >= 0.3 is 0 Å². The van der Waals surface area contributed by atoms with Crippen LogP contribution in [0.4, 0.5) is 5.69 Å². The van der Waals surface area contributed by atoms with Gasteiger partial charge in [0.25, 0.3) is 0 Å². The molecule has 6 heteroatoms. The van der Waals surface area contributed by atoms with Gasteiger partial charge in [0.2, 0.25) is 0 Å². The highest BCUT2D eigenvalue weighted by Crippen LogP contribution is 2.34. The van der Waals surface area contributed by atoms with Gasteiger partial charge in [-0.05, 0) is 18.1 Å². The van der Waals surface area contributed by atoms with E-state index in [0.29, 0.717) is 10.5 Å². The molecule has 1 aliphatic rings. The molecule has 0 spiro atoms. The van der Waals surface area contributed by atoms with Gasteiger partial charge < -0.3 is 5.73 Å². The van der Waals surface area contributed by atoms with E-state index in [2.05, 4.69) is 17.3 Å². The molecule has 1 saturated heterocycles. The Bertz CT molecular complexity index is 388. The summed E-state index contributed by atoms with van der Waals surface area (Å²) < 4.78 is 0. The third-order valence-corrected chi connectivity index (χ3v) is 6.48. The fraction of sp³-hybridized carbons (Fsp3) is 0.583. The second-order valence-corrected chi connectivity index (χ2v) is 7.23.